The van der Waals surface area contributed by atoms with Crippen molar-refractivity contribution in [3.63, 3.8) is 0 Å². The minimum absolute atomic E-state index is 0.285. The summed E-state index contributed by atoms with van der Waals surface area (Å²) in [6, 6.07) is 12.3. The molecule has 100 valence electrons. The molecule has 19 heavy (non-hydrogen) atoms. The van der Waals surface area contributed by atoms with Gasteiger partial charge in [-0.05, 0) is 36.2 Å². The highest BCUT2D eigenvalue weighted by molar-refractivity contribution is 7.97. The molecule has 0 bridgehead atoms. The largest absolute Gasteiger partial charge is 0.300 e. The molecule has 3 N–H and O–H groups in total. The molecule has 2 aromatic rings. The minimum atomic E-state index is -1.50. The summed E-state index contributed by atoms with van der Waals surface area (Å²) >= 11 is 13.0. The Balaban J connectivity index is 2.28. The van der Waals surface area contributed by atoms with Crippen LogP contribution in [0.2, 0.25) is 10.0 Å². The van der Waals surface area contributed by atoms with Gasteiger partial charge in [0.25, 0.3) is 0 Å². The first-order chi connectivity index (χ1) is 9.13. The van der Waals surface area contributed by atoms with Crippen molar-refractivity contribution < 1.29 is 4.21 Å². The minimum Gasteiger partial charge on any atom is -0.300 e. The summed E-state index contributed by atoms with van der Waals surface area (Å²) in [5.74, 6) is 0. The fourth-order valence-electron chi connectivity index (χ4n) is 1.44. The van der Waals surface area contributed by atoms with E-state index < -0.39 is 11.0 Å². The van der Waals surface area contributed by atoms with E-state index in [2.05, 4.69) is 4.72 Å². The fraction of sp³-hybridized carbons (Fsp3) is 0. The van der Waals surface area contributed by atoms with E-state index in [1.807, 2.05) is 18.2 Å². The fourth-order valence-corrected chi connectivity index (χ4v) is 3.43. The van der Waals surface area contributed by atoms with Crippen molar-refractivity contribution in [1.82, 2.24) is 0 Å². The lowest BCUT2D eigenvalue weighted by atomic mass is 10.3. The molecule has 3 nitrogen and oxygen atoms in total. The average Bonchev–Trinajstić information content (AvgIpc) is 2.42. The topological polar surface area (TPSA) is 55.1 Å². The van der Waals surface area contributed by atoms with Crippen molar-refractivity contribution in [2.45, 2.75) is 9.79 Å². The maximum atomic E-state index is 12.3. The van der Waals surface area contributed by atoms with Gasteiger partial charge in [-0.1, -0.05) is 41.4 Å². The monoisotopic (exact) mass is 332 g/mol. The summed E-state index contributed by atoms with van der Waals surface area (Å²) in [5.41, 5.74) is 0.685. The molecule has 0 aliphatic carbocycles. The lowest BCUT2D eigenvalue weighted by Gasteiger charge is -2.10. The summed E-state index contributed by atoms with van der Waals surface area (Å²) < 4.78 is 15.1. The first-order valence-electron chi connectivity index (χ1n) is 5.21. The molecule has 0 heterocycles. The summed E-state index contributed by atoms with van der Waals surface area (Å²) in [4.78, 5) is 1.24. The molecular weight excluding hydrogens is 323 g/mol. The van der Waals surface area contributed by atoms with E-state index in [1.165, 1.54) is 0 Å². The molecule has 0 aromatic heterocycles. The van der Waals surface area contributed by atoms with Crippen molar-refractivity contribution in [3.8, 4) is 0 Å². The normalized spacial score (nSPS) is 12.2. The Labute approximate surface area is 128 Å². The molecule has 0 radical (unpaired) electrons. The van der Waals surface area contributed by atoms with Crippen LogP contribution >= 0.6 is 35.1 Å². The standard InChI is InChI=1S/C12H10Cl2N2OS2/c13-8-4-3-7-11(12(8)14)19(17)16-9-5-1-2-6-10(9)18-15/h1-7,16H,15H2. The Morgan fingerprint density at radius 2 is 1.84 bits per heavy atom. The molecule has 0 aliphatic rings. The Bertz CT molecular complexity index is 622. The maximum absolute atomic E-state index is 12.3. The first kappa shape index (κ1) is 14.7. The van der Waals surface area contributed by atoms with Gasteiger partial charge in [0.2, 0.25) is 0 Å². The first-order valence-corrected chi connectivity index (χ1v) is 8.00. The summed E-state index contributed by atoms with van der Waals surface area (Å²) in [5, 5.41) is 6.21. The number of nitrogens with one attached hydrogen (secondary N) is 1. The summed E-state index contributed by atoms with van der Waals surface area (Å²) in [6.45, 7) is 0. The number of rotatable bonds is 4. The Morgan fingerprint density at radius 3 is 2.58 bits per heavy atom. The number of benzene rings is 2. The van der Waals surface area contributed by atoms with Crippen LogP contribution in [0.5, 0.6) is 0 Å². The average molecular weight is 333 g/mol. The van der Waals surface area contributed by atoms with E-state index in [4.69, 9.17) is 28.3 Å². The van der Waals surface area contributed by atoms with Gasteiger partial charge < -0.3 is 0 Å². The molecule has 0 fully saturated rings. The smallest absolute Gasteiger partial charge is 0.151 e. The molecular formula is C12H10Cl2N2OS2. The number of nitrogens with two attached hydrogens (primary N) is 1. The van der Waals surface area contributed by atoms with Gasteiger partial charge in [0.15, 0.2) is 11.0 Å². The molecule has 1 unspecified atom stereocenters. The second kappa shape index (κ2) is 6.63. The van der Waals surface area contributed by atoms with Crippen LogP contribution in [0, 0.1) is 0 Å². The molecule has 0 spiro atoms. The number of hydrogen-bond acceptors (Lipinski definition) is 3. The second-order valence-corrected chi connectivity index (χ2v) is 6.18. The van der Waals surface area contributed by atoms with Crippen LogP contribution in [0.4, 0.5) is 5.69 Å². The van der Waals surface area contributed by atoms with Gasteiger partial charge in [0.05, 0.1) is 20.6 Å². The van der Waals surface area contributed by atoms with E-state index in [-0.39, 0.29) is 5.02 Å². The van der Waals surface area contributed by atoms with Gasteiger partial charge in [-0.15, -0.1) is 0 Å². The predicted molar refractivity (Wildman–Crippen MR) is 83.0 cm³/mol. The van der Waals surface area contributed by atoms with Crippen molar-refractivity contribution in [1.29, 1.82) is 0 Å². The van der Waals surface area contributed by atoms with E-state index in [0.717, 1.165) is 16.8 Å². The maximum Gasteiger partial charge on any atom is 0.151 e. The van der Waals surface area contributed by atoms with E-state index in [1.54, 1.807) is 24.3 Å². The van der Waals surface area contributed by atoms with Gasteiger partial charge in [0, 0.05) is 4.90 Å². The lowest BCUT2D eigenvalue weighted by molar-refractivity contribution is 0.686. The van der Waals surface area contributed by atoms with E-state index in [9.17, 15) is 4.21 Å². The zero-order valence-electron chi connectivity index (χ0n) is 9.60. The molecule has 0 aliphatic heterocycles. The molecule has 0 saturated heterocycles. The lowest BCUT2D eigenvalue weighted by Crippen LogP contribution is -2.06. The van der Waals surface area contributed by atoms with Crippen molar-refractivity contribution in [2.24, 2.45) is 5.14 Å². The van der Waals surface area contributed by atoms with Crippen LogP contribution in [0.1, 0.15) is 0 Å². The Hall–Kier alpha value is -0.720. The van der Waals surface area contributed by atoms with Crippen LogP contribution in [0.25, 0.3) is 0 Å². The highest BCUT2D eigenvalue weighted by Gasteiger charge is 2.12. The molecule has 0 amide bonds. The number of para-hydroxylation sites is 1. The van der Waals surface area contributed by atoms with Gasteiger partial charge in [0.1, 0.15) is 0 Å². The van der Waals surface area contributed by atoms with Crippen LogP contribution in [0.3, 0.4) is 0 Å². The predicted octanol–water partition coefficient (Wildman–Crippen LogP) is 4.09. The van der Waals surface area contributed by atoms with Gasteiger partial charge >= 0.3 is 0 Å². The van der Waals surface area contributed by atoms with Gasteiger partial charge in [-0.2, -0.15) is 0 Å². The second-order valence-electron chi connectivity index (χ2n) is 3.54. The van der Waals surface area contributed by atoms with Crippen LogP contribution in [-0.4, -0.2) is 4.21 Å². The molecule has 7 heteroatoms. The van der Waals surface area contributed by atoms with E-state index >= 15 is 0 Å². The zero-order valence-corrected chi connectivity index (χ0v) is 12.7. The highest BCUT2D eigenvalue weighted by Crippen LogP contribution is 2.30. The third-order valence-corrected chi connectivity index (χ3v) is 5.02. The molecule has 2 aromatic carbocycles. The summed E-state index contributed by atoms with van der Waals surface area (Å²) in [7, 11) is -1.50. The third-order valence-electron chi connectivity index (χ3n) is 2.33. The van der Waals surface area contributed by atoms with Crippen molar-refractivity contribution >= 4 is 51.8 Å². The SMILES string of the molecule is NSc1ccccc1NS(=O)c1cccc(Cl)c1Cl. The molecule has 1 atom stereocenters. The highest BCUT2D eigenvalue weighted by atomic mass is 35.5. The number of anilines is 1. The third kappa shape index (κ3) is 3.43. The Kier molecular flexibility index (Phi) is 5.13. The van der Waals surface area contributed by atoms with Crippen molar-refractivity contribution in [2.75, 3.05) is 4.72 Å². The zero-order chi connectivity index (χ0) is 13.8. The van der Waals surface area contributed by atoms with Gasteiger partial charge in [-0.3, -0.25) is 9.86 Å². The number of hydrogen-bond donors (Lipinski definition) is 2. The van der Waals surface area contributed by atoms with Crippen LogP contribution in [0.15, 0.2) is 52.3 Å². The van der Waals surface area contributed by atoms with Crippen molar-refractivity contribution in [3.05, 3.63) is 52.5 Å². The van der Waals surface area contributed by atoms with Crippen LogP contribution in [-0.2, 0) is 11.0 Å². The van der Waals surface area contributed by atoms with Crippen LogP contribution < -0.4 is 9.86 Å². The quantitative estimate of drug-likeness (QED) is 0.829. The summed E-state index contributed by atoms with van der Waals surface area (Å²) in [6.07, 6.45) is 0. The molecule has 0 saturated carbocycles. The van der Waals surface area contributed by atoms with E-state index in [0.29, 0.717) is 15.6 Å². The number of halogens is 2. The van der Waals surface area contributed by atoms with Gasteiger partial charge in [-0.25, -0.2) is 4.21 Å². The Morgan fingerprint density at radius 1 is 1.11 bits per heavy atom. The molecule has 2 rings (SSSR count).